The molecule has 1 aromatic carbocycles. The predicted octanol–water partition coefficient (Wildman–Crippen LogP) is 2.59. The summed E-state index contributed by atoms with van der Waals surface area (Å²) < 4.78 is 16.4. The molecule has 7 nitrogen and oxygen atoms in total. The number of fused-ring (bicyclic) bond motifs is 1. The van der Waals surface area contributed by atoms with Crippen LogP contribution in [-0.2, 0) is 9.47 Å². The Kier molecular flexibility index (Phi) is 4.38. The molecule has 2 aliphatic heterocycles. The van der Waals surface area contributed by atoms with Crippen molar-refractivity contribution >= 4 is 12.1 Å². The second-order valence-electron chi connectivity index (χ2n) is 8.01. The third kappa shape index (κ3) is 3.23. The van der Waals surface area contributed by atoms with Crippen molar-refractivity contribution in [2.24, 2.45) is 0 Å². The van der Waals surface area contributed by atoms with Crippen LogP contribution in [0, 0.1) is 6.92 Å². The molecule has 3 rings (SSSR count). The van der Waals surface area contributed by atoms with Crippen LogP contribution in [0.5, 0.6) is 5.75 Å². The van der Waals surface area contributed by atoms with E-state index in [1.807, 2.05) is 20.8 Å². The Balaban J connectivity index is 1.84. The number of amides is 1. The van der Waals surface area contributed by atoms with Crippen LogP contribution in [0.2, 0.25) is 0 Å². The Bertz CT molecular complexity index is 745. The van der Waals surface area contributed by atoms with Gasteiger partial charge in [-0.25, -0.2) is 9.59 Å². The van der Waals surface area contributed by atoms with Gasteiger partial charge in [0.25, 0.3) is 0 Å². The van der Waals surface area contributed by atoms with Crippen LogP contribution in [-0.4, -0.2) is 53.5 Å². The van der Waals surface area contributed by atoms with Gasteiger partial charge in [-0.2, -0.15) is 0 Å². The summed E-state index contributed by atoms with van der Waals surface area (Å²) in [7, 11) is 1.31. The van der Waals surface area contributed by atoms with Crippen LogP contribution >= 0.6 is 0 Å². The van der Waals surface area contributed by atoms with Crippen LogP contribution in [0.1, 0.15) is 54.8 Å². The zero-order chi connectivity index (χ0) is 19.3. The number of ether oxygens (including phenoxy) is 3. The maximum Gasteiger partial charge on any atom is 0.410 e. The lowest BCUT2D eigenvalue weighted by Gasteiger charge is -2.52. The molecule has 1 N–H and O–H groups in total. The van der Waals surface area contributed by atoms with E-state index in [-0.39, 0.29) is 0 Å². The highest BCUT2D eigenvalue weighted by molar-refractivity contribution is 5.94. The number of carbonyl (C=O) groups is 2. The fraction of sp³-hybridized carbons (Fsp3) is 0.579. The number of hydrogen-bond donors (Lipinski definition) is 1. The first kappa shape index (κ1) is 18.5. The predicted molar refractivity (Wildman–Crippen MR) is 93.3 cm³/mol. The van der Waals surface area contributed by atoms with Crippen LogP contribution in [0.4, 0.5) is 4.79 Å². The van der Waals surface area contributed by atoms with Gasteiger partial charge in [0.1, 0.15) is 22.5 Å². The number of aliphatic hydroxyl groups is 1. The third-order valence-corrected chi connectivity index (χ3v) is 4.64. The van der Waals surface area contributed by atoms with Crippen molar-refractivity contribution in [2.45, 2.75) is 51.4 Å². The van der Waals surface area contributed by atoms with Gasteiger partial charge in [-0.1, -0.05) is 12.1 Å². The molecule has 7 heteroatoms. The molecule has 1 fully saturated rings. The normalized spacial score (nSPS) is 20.7. The zero-order valence-corrected chi connectivity index (χ0v) is 15.8. The smallest absolute Gasteiger partial charge is 0.410 e. The quantitative estimate of drug-likeness (QED) is 0.772. The van der Waals surface area contributed by atoms with Gasteiger partial charge in [0.15, 0.2) is 0 Å². The first-order valence-corrected chi connectivity index (χ1v) is 8.62. The Morgan fingerprint density at radius 2 is 1.96 bits per heavy atom. The molecule has 26 heavy (non-hydrogen) atoms. The average Bonchev–Trinajstić information content (AvgIpc) is 2.49. The van der Waals surface area contributed by atoms with E-state index in [4.69, 9.17) is 14.2 Å². The van der Waals surface area contributed by atoms with Gasteiger partial charge in [0, 0.05) is 12.0 Å². The number of aryl methyl sites for hydroxylation is 1. The molecule has 0 aromatic heterocycles. The summed E-state index contributed by atoms with van der Waals surface area (Å²) in [6.45, 7) is 7.81. The number of likely N-dealkylation sites (tertiary alicyclic amines) is 1. The molecular weight excluding hydrogens is 338 g/mol. The van der Waals surface area contributed by atoms with Crippen LogP contribution < -0.4 is 4.74 Å². The Labute approximate surface area is 152 Å². The molecule has 1 unspecified atom stereocenters. The van der Waals surface area contributed by atoms with Crippen molar-refractivity contribution in [2.75, 3.05) is 20.2 Å². The summed E-state index contributed by atoms with van der Waals surface area (Å²) in [5.41, 5.74) is 0.299. The zero-order valence-electron chi connectivity index (χ0n) is 15.8. The number of esters is 1. The number of benzene rings is 1. The fourth-order valence-corrected chi connectivity index (χ4v) is 3.44. The van der Waals surface area contributed by atoms with Crippen LogP contribution in [0.25, 0.3) is 0 Å². The molecule has 1 saturated heterocycles. The van der Waals surface area contributed by atoms with E-state index in [1.165, 1.54) is 12.0 Å². The van der Waals surface area contributed by atoms with Gasteiger partial charge >= 0.3 is 12.1 Å². The SMILES string of the molecule is COC(=O)c1c(C)ccc2c1OC1(CC2O)CN(C(=O)OC(C)(C)C)C1. The molecule has 0 aliphatic carbocycles. The number of nitrogens with zero attached hydrogens (tertiary/aromatic N) is 1. The summed E-state index contributed by atoms with van der Waals surface area (Å²) in [5.74, 6) is -0.161. The van der Waals surface area contributed by atoms with E-state index in [2.05, 4.69) is 0 Å². The molecule has 0 bridgehead atoms. The van der Waals surface area contributed by atoms with E-state index in [1.54, 1.807) is 19.1 Å². The summed E-state index contributed by atoms with van der Waals surface area (Å²) in [4.78, 5) is 25.9. The molecular formula is C19H25NO6. The monoisotopic (exact) mass is 363 g/mol. The highest BCUT2D eigenvalue weighted by atomic mass is 16.6. The highest BCUT2D eigenvalue weighted by Crippen LogP contribution is 2.46. The van der Waals surface area contributed by atoms with E-state index < -0.39 is 29.4 Å². The van der Waals surface area contributed by atoms with Crippen LogP contribution in [0.15, 0.2) is 12.1 Å². The second kappa shape index (κ2) is 6.16. The number of carbonyl (C=O) groups excluding carboxylic acids is 2. The molecule has 0 radical (unpaired) electrons. The fourth-order valence-electron chi connectivity index (χ4n) is 3.44. The molecule has 1 spiro atoms. The van der Waals surface area contributed by atoms with Crippen molar-refractivity contribution in [3.05, 3.63) is 28.8 Å². The maximum atomic E-state index is 12.2. The van der Waals surface area contributed by atoms with Crippen molar-refractivity contribution in [1.29, 1.82) is 0 Å². The summed E-state index contributed by atoms with van der Waals surface area (Å²) in [6, 6.07) is 3.53. The third-order valence-electron chi connectivity index (χ3n) is 4.64. The van der Waals surface area contributed by atoms with Crippen molar-refractivity contribution in [3.8, 4) is 5.75 Å². The van der Waals surface area contributed by atoms with Gasteiger partial charge in [0.2, 0.25) is 0 Å². The van der Waals surface area contributed by atoms with Crippen LogP contribution in [0.3, 0.4) is 0 Å². The summed E-state index contributed by atoms with van der Waals surface area (Å²) in [5, 5.41) is 10.6. The number of methoxy groups -OCH3 is 1. The van der Waals surface area contributed by atoms with Gasteiger partial charge < -0.3 is 24.2 Å². The summed E-state index contributed by atoms with van der Waals surface area (Å²) in [6.07, 6.45) is -0.837. The largest absolute Gasteiger partial charge is 0.482 e. The van der Waals surface area contributed by atoms with Crippen molar-refractivity contribution in [1.82, 2.24) is 4.90 Å². The lowest BCUT2D eigenvalue weighted by atomic mass is 9.82. The minimum atomic E-state index is -0.774. The highest BCUT2D eigenvalue weighted by Gasteiger charge is 2.53. The van der Waals surface area contributed by atoms with Gasteiger partial charge in [-0.3, -0.25) is 0 Å². The first-order chi connectivity index (χ1) is 12.1. The molecule has 1 aromatic rings. The molecule has 1 amide bonds. The second-order valence-corrected chi connectivity index (χ2v) is 8.01. The minimum absolute atomic E-state index is 0.299. The maximum absolute atomic E-state index is 12.2. The molecule has 142 valence electrons. The lowest BCUT2D eigenvalue weighted by Crippen LogP contribution is -2.68. The lowest BCUT2D eigenvalue weighted by molar-refractivity contribution is -0.114. The van der Waals surface area contributed by atoms with E-state index in [9.17, 15) is 14.7 Å². The Hall–Kier alpha value is -2.28. The molecule has 2 aliphatic rings. The van der Waals surface area contributed by atoms with E-state index in [0.29, 0.717) is 42.0 Å². The minimum Gasteiger partial charge on any atom is -0.482 e. The molecule has 2 heterocycles. The Morgan fingerprint density at radius 1 is 1.31 bits per heavy atom. The standard InChI is InChI=1S/C19H25NO6/c1-11-6-7-12-13(21)8-19(25-15(12)14(11)16(22)24-5)9-20(10-19)17(23)26-18(2,3)4/h6-7,13,21H,8-10H2,1-5H3. The number of hydrogen-bond acceptors (Lipinski definition) is 6. The van der Waals surface area contributed by atoms with Crippen molar-refractivity contribution < 1.29 is 28.9 Å². The van der Waals surface area contributed by atoms with Gasteiger partial charge in [0.05, 0.1) is 26.3 Å². The summed E-state index contributed by atoms with van der Waals surface area (Å²) >= 11 is 0. The average molecular weight is 363 g/mol. The topological polar surface area (TPSA) is 85.3 Å². The number of rotatable bonds is 1. The molecule has 0 saturated carbocycles. The van der Waals surface area contributed by atoms with E-state index in [0.717, 1.165) is 0 Å². The van der Waals surface area contributed by atoms with Gasteiger partial charge in [-0.15, -0.1) is 0 Å². The van der Waals surface area contributed by atoms with Gasteiger partial charge in [-0.05, 0) is 33.3 Å². The first-order valence-electron chi connectivity index (χ1n) is 8.62. The number of aliphatic hydroxyl groups excluding tert-OH is 1. The molecule has 1 atom stereocenters. The van der Waals surface area contributed by atoms with Crippen molar-refractivity contribution in [3.63, 3.8) is 0 Å². The van der Waals surface area contributed by atoms with E-state index >= 15 is 0 Å². The Morgan fingerprint density at radius 3 is 2.54 bits per heavy atom.